The fourth-order valence-corrected chi connectivity index (χ4v) is 2.02. The normalized spacial score (nSPS) is 15.4. The van der Waals surface area contributed by atoms with E-state index in [2.05, 4.69) is 9.02 Å². The molecule has 8 heteroatoms. The zero-order valence-electron chi connectivity index (χ0n) is 11.7. The van der Waals surface area contributed by atoms with Gasteiger partial charge in [0, 0.05) is 7.05 Å². The highest BCUT2D eigenvalue weighted by atomic mass is 32.2. The Bertz CT molecular complexity index is 545. The molecule has 1 aromatic rings. The van der Waals surface area contributed by atoms with Gasteiger partial charge in [-0.15, -0.1) is 0 Å². The van der Waals surface area contributed by atoms with Crippen LogP contribution in [0, 0.1) is 5.92 Å². The molecule has 0 radical (unpaired) electrons. The SMILES string of the molecule is COC(=O)c1ccc(N(C)OS(=O)[O-])c(OCC2CC2)c1. The summed E-state index contributed by atoms with van der Waals surface area (Å²) >= 11 is -2.69. The van der Waals surface area contributed by atoms with Gasteiger partial charge in [0.25, 0.3) is 0 Å². The maximum Gasteiger partial charge on any atom is 0.337 e. The van der Waals surface area contributed by atoms with Gasteiger partial charge < -0.3 is 14.0 Å². The Morgan fingerprint density at radius 2 is 2.19 bits per heavy atom. The number of carbonyl (C=O) groups excluding carboxylic acids is 1. The average molecular weight is 314 g/mol. The first-order valence-corrected chi connectivity index (χ1v) is 7.38. The Labute approximate surface area is 125 Å². The molecular weight excluding hydrogens is 298 g/mol. The van der Waals surface area contributed by atoms with Crippen molar-refractivity contribution in [1.29, 1.82) is 0 Å². The molecule has 1 aliphatic carbocycles. The summed E-state index contributed by atoms with van der Waals surface area (Å²) in [5, 5.41) is 1.06. The molecule has 1 atom stereocenters. The van der Waals surface area contributed by atoms with Crippen molar-refractivity contribution in [2.75, 3.05) is 25.8 Å². The summed E-state index contributed by atoms with van der Waals surface area (Å²) in [4.78, 5) is 11.6. The van der Waals surface area contributed by atoms with E-state index in [1.807, 2.05) is 0 Å². The van der Waals surface area contributed by atoms with Crippen molar-refractivity contribution in [3.8, 4) is 5.75 Å². The molecule has 1 aliphatic rings. The lowest BCUT2D eigenvalue weighted by molar-refractivity contribution is 0.0600. The maximum atomic E-state index is 11.6. The number of hydrogen-bond acceptors (Lipinski definition) is 7. The second kappa shape index (κ2) is 6.88. The molecule has 1 aromatic carbocycles. The Kier molecular flexibility index (Phi) is 5.16. The molecule has 1 unspecified atom stereocenters. The molecule has 1 fully saturated rings. The Morgan fingerprint density at radius 1 is 1.48 bits per heavy atom. The largest absolute Gasteiger partial charge is 0.748 e. The fraction of sp³-hybridized carbons (Fsp3) is 0.462. The molecule has 0 aromatic heterocycles. The fourth-order valence-electron chi connectivity index (χ4n) is 1.76. The quantitative estimate of drug-likeness (QED) is 0.427. The number of ether oxygens (including phenoxy) is 2. The number of hydroxylamine groups is 1. The third-order valence-corrected chi connectivity index (χ3v) is 3.41. The lowest BCUT2D eigenvalue weighted by atomic mass is 10.2. The van der Waals surface area contributed by atoms with E-state index in [0.717, 1.165) is 17.9 Å². The highest BCUT2D eigenvalue weighted by Crippen LogP contribution is 2.34. The van der Waals surface area contributed by atoms with Crippen molar-refractivity contribution >= 4 is 23.0 Å². The molecule has 116 valence electrons. The van der Waals surface area contributed by atoms with Crippen LogP contribution in [0.4, 0.5) is 5.69 Å². The summed E-state index contributed by atoms with van der Waals surface area (Å²) in [5.41, 5.74) is 0.733. The van der Waals surface area contributed by atoms with E-state index in [0.29, 0.717) is 29.5 Å². The van der Waals surface area contributed by atoms with Crippen molar-refractivity contribution in [3.05, 3.63) is 23.8 Å². The number of methoxy groups -OCH3 is 1. The number of nitrogens with zero attached hydrogens (tertiary/aromatic N) is 1. The minimum absolute atomic E-state index is 0.323. The van der Waals surface area contributed by atoms with Crippen LogP contribution in [-0.4, -0.2) is 35.5 Å². The van der Waals surface area contributed by atoms with Gasteiger partial charge in [0.2, 0.25) is 0 Å². The van der Waals surface area contributed by atoms with E-state index in [1.165, 1.54) is 26.3 Å². The molecule has 0 heterocycles. The first kappa shape index (κ1) is 15.7. The van der Waals surface area contributed by atoms with Crippen LogP contribution in [-0.2, 0) is 20.4 Å². The Balaban J connectivity index is 2.23. The van der Waals surface area contributed by atoms with Crippen molar-refractivity contribution < 1.29 is 27.3 Å². The molecular formula is C13H16NO6S-. The first-order valence-electron chi connectivity index (χ1n) is 6.38. The van der Waals surface area contributed by atoms with Gasteiger partial charge in [0.15, 0.2) is 0 Å². The number of carbonyl (C=O) groups is 1. The molecule has 1 saturated carbocycles. The molecule has 2 rings (SSSR count). The van der Waals surface area contributed by atoms with Crippen LogP contribution in [0.5, 0.6) is 5.75 Å². The summed E-state index contributed by atoms with van der Waals surface area (Å²) in [7, 11) is 2.73. The zero-order chi connectivity index (χ0) is 15.4. The molecule has 0 N–H and O–H groups in total. The number of benzene rings is 1. The molecule has 0 spiro atoms. The number of hydrogen-bond donors (Lipinski definition) is 0. The van der Waals surface area contributed by atoms with Gasteiger partial charge in [-0.1, -0.05) is 0 Å². The van der Waals surface area contributed by atoms with Gasteiger partial charge in [0.1, 0.15) is 22.8 Å². The predicted octanol–water partition coefficient (Wildman–Crippen LogP) is 1.42. The Hall–Kier alpha value is -1.64. The highest BCUT2D eigenvalue weighted by Gasteiger charge is 2.23. The minimum Gasteiger partial charge on any atom is -0.748 e. The highest BCUT2D eigenvalue weighted by molar-refractivity contribution is 7.74. The molecule has 0 bridgehead atoms. The van der Waals surface area contributed by atoms with E-state index in [4.69, 9.17) is 4.74 Å². The summed E-state index contributed by atoms with van der Waals surface area (Å²) in [5.74, 6) is 0.394. The second-order valence-corrected chi connectivity index (χ2v) is 5.26. The molecule has 0 amide bonds. The van der Waals surface area contributed by atoms with Crippen LogP contribution < -0.4 is 9.80 Å². The van der Waals surface area contributed by atoms with E-state index < -0.39 is 17.3 Å². The van der Waals surface area contributed by atoms with Crippen LogP contribution in [0.25, 0.3) is 0 Å². The third kappa shape index (κ3) is 4.42. The zero-order valence-corrected chi connectivity index (χ0v) is 12.6. The minimum atomic E-state index is -2.69. The van der Waals surface area contributed by atoms with Gasteiger partial charge in [0.05, 0.1) is 19.3 Å². The second-order valence-electron chi connectivity index (χ2n) is 4.70. The summed E-state index contributed by atoms with van der Waals surface area (Å²) in [6, 6.07) is 4.57. The van der Waals surface area contributed by atoms with Crippen LogP contribution >= 0.6 is 0 Å². The smallest absolute Gasteiger partial charge is 0.337 e. The van der Waals surface area contributed by atoms with Crippen molar-refractivity contribution in [2.24, 2.45) is 5.92 Å². The van der Waals surface area contributed by atoms with E-state index in [9.17, 15) is 13.6 Å². The summed E-state index contributed by atoms with van der Waals surface area (Å²) in [6.07, 6.45) is 2.23. The van der Waals surface area contributed by atoms with Crippen molar-refractivity contribution in [1.82, 2.24) is 0 Å². The number of anilines is 1. The van der Waals surface area contributed by atoms with Gasteiger partial charge >= 0.3 is 5.97 Å². The Morgan fingerprint density at radius 3 is 2.76 bits per heavy atom. The van der Waals surface area contributed by atoms with Crippen LogP contribution in [0.2, 0.25) is 0 Å². The predicted molar refractivity (Wildman–Crippen MR) is 74.4 cm³/mol. The number of esters is 1. The summed E-state index contributed by atoms with van der Waals surface area (Å²) in [6.45, 7) is 0.520. The average Bonchev–Trinajstić information content (AvgIpc) is 3.27. The van der Waals surface area contributed by atoms with Gasteiger partial charge in [-0.3, -0.25) is 0 Å². The maximum absolute atomic E-state index is 11.6. The monoisotopic (exact) mass is 314 g/mol. The van der Waals surface area contributed by atoms with Crippen LogP contribution in [0.3, 0.4) is 0 Å². The molecule has 21 heavy (non-hydrogen) atoms. The topological polar surface area (TPSA) is 88.1 Å². The molecule has 7 nitrogen and oxygen atoms in total. The third-order valence-electron chi connectivity index (χ3n) is 3.06. The van der Waals surface area contributed by atoms with E-state index in [1.54, 1.807) is 6.07 Å². The molecule has 0 aliphatic heterocycles. The summed E-state index contributed by atoms with van der Waals surface area (Å²) < 4.78 is 36.1. The van der Waals surface area contributed by atoms with E-state index in [-0.39, 0.29) is 0 Å². The standard InChI is InChI=1S/C13H17NO6S/c1-14(20-21(16)17)11-6-5-10(13(15)18-2)7-12(11)19-8-9-3-4-9/h5-7,9H,3-4,8H2,1-2H3,(H,16,17)/p-1. The van der Waals surface area contributed by atoms with E-state index >= 15 is 0 Å². The van der Waals surface area contributed by atoms with Crippen LogP contribution in [0.15, 0.2) is 18.2 Å². The lowest BCUT2D eigenvalue weighted by Gasteiger charge is -2.22. The van der Waals surface area contributed by atoms with Gasteiger partial charge in [-0.2, -0.15) is 4.28 Å². The number of rotatable bonds is 7. The first-order chi connectivity index (χ1) is 10.0. The van der Waals surface area contributed by atoms with Gasteiger partial charge in [-0.05, 0) is 37.0 Å². The van der Waals surface area contributed by atoms with Crippen molar-refractivity contribution in [3.63, 3.8) is 0 Å². The van der Waals surface area contributed by atoms with Crippen LogP contribution in [0.1, 0.15) is 23.2 Å². The lowest BCUT2D eigenvalue weighted by Crippen LogP contribution is -2.20. The molecule has 0 saturated heterocycles. The van der Waals surface area contributed by atoms with Gasteiger partial charge in [-0.25, -0.2) is 14.1 Å². The van der Waals surface area contributed by atoms with Crippen molar-refractivity contribution in [2.45, 2.75) is 12.8 Å².